The molecule has 0 amide bonds. The zero-order chi connectivity index (χ0) is 20.0. The van der Waals surface area contributed by atoms with E-state index in [0.717, 1.165) is 4.13 Å². The van der Waals surface area contributed by atoms with Gasteiger partial charge in [0.05, 0.1) is 0 Å². The lowest BCUT2D eigenvalue weighted by molar-refractivity contribution is -0.0444. The summed E-state index contributed by atoms with van der Waals surface area (Å²) in [4.78, 5) is 0. The van der Waals surface area contributed by atoms with Gasteiger partial charge in [-0.05, 0) is 0 Å². The molecule has 0 bridgehead atoms. The summed E-state index contributed by atoms with van der Waals surface area (Å²) in [6, 6.07) is 0. The SMILES string of the molecule is O=S(=O)([N-]S(=O)(=O)C(F)(F)F)C(F)(F)F.OC[P+](CO)(CO)CO. The number of hydrogen-bond acceptors (Lipinski definition) is 8. The van der Waals surface area contributed by atoms with Crippen LogP contribution in [0.4, 0.5) is 26.3 Å². The van der Waals surface area contributed by atoms with Crippen molar-refractivity contribution in [2.24, 2.45) is 0 Å². The zero-order valence-electron chi connectivity index (χ0n) is 11.2. The number of alkyl halides is 6. The van der Waals surface area contributed by atoms with Gasteiger partial charge in [-0.15, -0.1) is 0 Å². The highest BCUT2D eigenvalue weighted by Crippen LogP contribution is 2.54. The topological polar surface area (TPSA) is 163 Å². The Kier molecular flexibility index (Phi) is 9.60. The van der Waals surface area contributed by atoms with Crippen LogP contribution >= 0.6 is 7.26 Å². The molecule has 0 unspecified atom stereocenters. The average Bonchev–Trinajstić information content (AvgIpc) is 2.39. The fourth-order valence-corrected chi connectivity index (χ4v) is 2.73. The Bertz CT molecular complexity index is 524. The summed E-state index contributed by atoms with van der Waals surface area (Å²) in [7, 11) is -15.6. The van der Waals surface area contributed by atoms with E-state index in [0.29, 0.717) is 0 Å². The molecule has 4 N–H and O–H groups in total. The molecule has 0 saturated heterocycles. The highest BCUT2D eigenvalue weighted by atomic mass is 32.3. The zero-order valence-corrected chi connectivity index (χ0v) is 13.8. The van der Waals surface area contributed by atoms with E-state index in [1.54, 1.807) is 0 Å². The molecule has 0 aliphatic rings. The Morgan fingerprint density at radius 3 is 0.958 bits per heavy atom. The number of nitrogens with zero attached hydrogens (tertiary/aromatic N) is 1. The van der Waals surface area contributed by atoms with Crippen molar-refractivity contribution < 1.29 is 63.6 Å². The summed E-state index contributed by atoms with van der Waals surface area (Å²) >= 11 is 0. The highest BCUT2D eigenvalue weighted by molar-refractivity contribution is 8.13. The van der Waals surface area contributed by atoms with Crippen LogP contribution in [0.5, 0.6) is 0 Å². The number of halogens is 6. The fraction of sp³-hybridized carbons (Fsp3) is 1.00. The molecule has 18 heteroatoms. The van der Waals surface area contributed by atoms with Gasteiger partial charge in [0.1, 0.15) is 7.26 Å². The van der Waals surface area contributed by atoms with Crippen LogP contribution in [-0.4, -0.2) is 73.7 Å². The van der Waals surface area contributed by atoms with Crippen molar-refractivity contribution >= 4 is 27.3 Å². The van der Waals surface area contributed by atoms with Gasteiger partial charge in [0.15, 0.2) is 45.4 Å². The van der Waals surface area contributed by atoms with Crippen LogP contribution in [0.25, 0.3) is 4.13 Å². The van der Waals surface area contributed by atoms with Gasteiger partial charge in [-0.3, -0.25) is 0 Å². The molecule has 9 nitrogen and oxygen atoms in total. The maximum absolute atomic E-state index is 11.4. The van der Waals surface area contributed by atoms with E-state index in [4.69, 9.17) is 20.4 Å². The van der Waals surface area contributed by atoms with Crippen molar-refractivity contribution in [3.8, 4) is 0 Å². The Morgan fingerprint density at radius 1 is 0.667 bits per heavy atom. The molecule has 0 heterocycles. The van der Waals surface area contributed by atoms with Gasteiger partial charge >= 0.3 is 11.0 Å². The summed E-state index contributed by atoms with van der Waals surface area (Å²) in [6.07, 6.45) is -1.18. The fourth-order valence-electron chi connectivity index (χ4n) is 0.482. The van der Waals surface area contributed by atoms with E-state index in [9.17, 15) is 43.2 Å². The van der Waals surface area contributed by atoms with Crippen LogP contribution in [0.1, 0.15) is 0 Å². The van der Waals surface area contributed by atoms with Crippen LogP contribution in [0, 0.1) is 0 Å². The second-order valence-electron chi connectivity index (χ2n) is 3.82. The first-order valence-corrected chi connectivity index (χ1v) is 10.5. The lowest BCUT2D eigenvalue weighted by Gasteiger charge is -2.22. The first-order valence-electron chi connectivity index (χ1n) is 5.10. The molecule has 0 aliphatic heterocycles. The quantitative estimate of drug-likeness (QED) is 0.331. The van der Waals surface area contributed by atoms with E-state index in [2.05, 4.69) is 0 Å². The van der Waals surface area contributed by atoms with Crippen LogP contribution in [0.2, 0.25) is 0 Å². The van der Waals surface area contributed by atoms with Crippen LogP contribution in [0.15, 0.2) is 0 Å². The number of aliphatic hydroxyl groups excluding tert-OH is 4. The minimum Gasteiger partial charge on any atom is -0.421 e. The molecule has 148 valence electrons. The van der Waals surface area contributed by atoms with E-state index < -0.39 is 38.3 Å². The molecule has 0 spiro atoms. The molecule has 24 heavy (non-hydrogen) atoms. The summed E-state index contributed by atoms with van der Waals surface area (Å²) in [6.45, 7) is 0. The van der Waals surface area contributed by atoms with Crippen molar-refractivity contribution in [1.29, 1.82) is 0 Å². The van der Waals surface area contributed by atoms with E-state index in [1.165, 1.54) is 0 Å². The van der Waals surface area contributed by atoms with Crippen LogP contribution in [-0.2, 0) is 20.0 Å². The van der Waals surface area contributed by atoms with Gasteiger partial charge in [0.2, 0.25) is 0 Å². The van der Waals surface area contributed by atoms with Crippen molar-refractivity contribution in [3.05, 3.63) is 4.13 Å². The monoisotopic (exact) mass is 435 g/mol. The molecule has 0 radical (unpaired) electrons. The minimum absolute atomic E-state index is 0.295. The average molecular weight is 435 g/mol. The minimum atomic E-state index is -6.72. The predicted molar refractivity (Wildman–Crippen MR) is 68.6 cm³/mol. The largest absolute Gasteiger partial charge is 0.480 e. The summed E-state index contributed by atoms with van der Waals surface area (Å²) in [5.74, 6) is 0. The molecule has 0 aromatic carbocycles. The van der Waals surface area contributed by atoms with Gasteiger partial charge in [-0.2, -0.15) is 26.3 Å². The van der Waals surface area contributed by atoms with Crippen molar-refractivity contribution in [1.82, 2.24) is 0 Å². The molecule has 0 saturated carbocycles. The predicted octanol–water partition coefficient (Wildman–Crippen LogP) is -0.137. The Hall–Kier alpha value is -0.290. The van der Waals surface area contributed by atoms with E-state index >= 15 is 0 Å². The van der Waals surface area contributed by atoms with Crippen molar-refractivity contribution in [3.63, 3.8) is 0 Å². The molecule has 0 fully saturated rings. The molecule has 0 aliphatic carbocycles. The lowest BCUT2D eigenvalue weighted by atomic mass is 11.6. The second-order valence-corrected chi connectivity index (χ2v) is 11.1. The number of sulfonamides is 2. The summed E-state index contributed by atoms with van der Waals surface area (Å²) in [5, 5.41) is 34.2. The standard InChI is InChI=1S/C4H12O4P.C2F6NO4S2/c5-1-9(2-6,3-7)4-8;3-1(4,5)14(10,11)9-15(12,13)2(6,7)8/h5-8H,1-4H2;/q+1;-1. The normalized spacial score (nSPS) is 14.1. The maximum atomic E-state index is 11.4. The second kappa shape index (κ2) is 8.88. The summed E-state index contributed by atoms with van der Waals surface area (Å²) < 4.78 is 109. The Morgan fingerprint density at radius 2 is 0.875 bits per heavy atom. The molecule has 0 aromatic heterocycles. The first kappa shape index (κ1) is 25.9. The van der Waals surface area contributed by atoms with Crippen molar-refractivity contribution in [2.75, 3.05) is 25.4 Å². The van der Waals surface area contributed by atoms with Gasteiger partial charge in [0, 0.05) is 0 Å². The molecule has 0 aromatic rings. The van der Waals surface area contributed by atoms with Gasteiger partial charge in [-0.25, -0.2) is 16.8 Å². The highest BCUT2D eigenvalue weighted by Gasteiger charge is 2.46. The van der Waals surface area contributed by atoms with E-state index in [-0.39, 0.29) is 25.4 Å². The maximum Gasteiger partial charge on any atom is 0.480 e. The molecular weight excluding hydrogens is 423 g/mol. The molecular formula is C6H12F6NO8PS2. The van der Waals surface area contributed by atoms with E-state index in [1.807, 2.05) is 0 Å². The Balaban J connectivity index is 0. The van der Waals surface area contributed by atoms with Crippen molar-refractivity contribution in [2.45, 2.75) is 11.0 Å². The molecule has 0 rings (SSSR count). The number of rotatable bonds is 6. The summed E-state index contributed by atoms with van der Waals surface area (Å²) in [5.41, 5.74) is -12.4. The molecule has 0 atom stereocenters. The Labute approximate surface area is 132 Å². The number of hydrogen-bond donors (Lipinski definition) is 4. The third-order valence-corrected chi connectivity index (χ3v) is 7.12. The first-order chi connectivity index (χ1) is 10.4. The van der Waals surface area contributed by atoms with Gasteiger partial charge in [0.25, 0.3) is 0 Å². The van der Waals surface area contributed by atoms with Gasteiger partial charge < -0.3 is 24.6 Å². The third-order valence-electron chi connectivity index (χ3n) is 1.98. The lowest BCUT2D eigenvalue weighted by Crippen LogP contribution is -2.30. The van der Waals surface area contributed by atoms with Crippen LogP contribution in [0.3, 0.4) is 0 Å². The van der Waals surface area contributed by atoms with Gasteiger partial charge in [-0.1, -0.05) is 0 Å². The third kappa shape index (κ3) is 7.30. The van der Waals surface area contributed by atoms with Crippen LogP contribution < -0.4 is 0 Å². The number of aliphatic hydroxyl groups is 4. The smallest absolute Gasteiger partial charge is 0.421 e.